The fourth-order valence-electron chi connectivity index (χ4n) is 1.28. The van der Waals surface area contributed by atoms with Crippen LogP contribution in [-0.2, 0) is 9.84 Å². The van der Waals surface area contributed by atoms with Gasteiger partial charge in [-0.05, 0) is 50.2 Å². The van der Waals surface area contributed by atoms with Crippen molar-refractivity contribution in [2.45, 2.75) is 30.9 Å². The fourth-order valence-corrected chi connectivity index (χ4v) is 2.34. The van der Waals surface area contributed by atoms with E-state index < -0.39 is 15.1 Å². The quantitative estimate of drug-likeness (QED) is 0.879. The lowest BCUT2D eigenvalue weighted by Crippen LogP contribution is -2.13. The van der Waals surface area contributed by atoms with E-state index in [0.717, 1.165) is 11.1 Å². The molecule has 3 nitrogen and oxygen atoms in total. The van der Waals surface area contributed by atoms with Crippen LogP contribution in [0.1, 0.15) is 26.3 Å². The lowest BCUT2D eigenvalue weighted by Gasteiger charge is -2.08. The van der Waals surface area contributed by atoms with Gasteiger partial charge in [-0.2, -0.15) is 0 Å². The Morgan fingerprint density at radius 2 is 1.75 bits per heavy atom. The first-order chi connectivity index (χ1) is 7.39. The molecule has 0 fully saturated rings. The standard InChI is InChI=1S/C12H17NO2S/c1-9(2)16(14,15)12-6-4-11(5-7-12)10(3)8-13/h4-9H,13H2,1-3H3/b10-8+. The molecule has 0 aliphatic rings. The minimum Gasteiger partial charge on any atom is -0.404 e. The number of benzene rings is 1. The summed E-state index contributed by atoms with van der Waals surface area (Å²) in [5.74, 6) is 0. The molecule has 0 aliphatic heterocycles. The molecule has 0 bridgehead atoms. The highest BCUT2D eigenvalue weighted by Gasteiger charge is 2.18. The molecule has 4 heteroatoms. The molecular weight excluding hydrogens is 222 g/mol. The second kappa shape index (κ2) is 4.70. The Kier molecular flexibility index (Phi) is 3.75. The Balaban J connectivity index is 3.15. The summed E-state index contributed by atoms with van der Waals surface area (Å²) in [7, 11) is -3.18. The minimum atomic E-state index is -3.18. The normalized spacial score (nSPS) is 13.1. The number of hydrogen-bond acceptors (Lipinski definition) is 3. The summed E-state index contributed by atoms with van der Waals surface area (Å²) in [5.41, 5.74) is 7.26. The van der Waals surface area contributed by atoms with Crippen LogP contribution in [0.25, 0.3) is 5.57 Å². The zero-order valence-electron chi connectivity index (χ0n) is 9.77. The zero-order valence-corrected chi connectivity index (χ0v) is 10.6. The summed E-state index contributed by atoms with van der Waals surface area (Å²) in [6, 6.07) is 6.79. The maximum absolute atomic E-state index is 11.8. The highest BCUT2D eigenvalue weighted by molar-refractivity contribution is 7.92. The molecule has 2 N–H and O–H groups in total. The first-order valence-electron chi connectivity index (χ1n) is 5.12. The van der Waals surface area contributed by atoms with Gasteiger partial charge >= 0.3 is 0 Å². The van der Waals surface area contributed by atoms with Crippen molar-refractivity contribution in [2.75, 3.05) is 0 Å². The van der Waals surface area contributed by atoms with Gasteiger partial charge in [0, 0.05) is 0 Å². The molecule has 0 saturated heterocycles. The van der Waals surface area contributed by atoms with Crippen LogP contribution >= 0.6 is 0 Å². The van der Waals surface area contributed by atoms with Crippen LogP contribution in [0.4, 0.5) is 0 Å². The highest BCUT2D eigenvalue weighted by atomic mass is 32.2. The Morgan fingerprint density at radius 1 is 1.25 bits per heavy atom. The molecule has 0 spiro atoms. The number of sulfone groups is 1. The van der Waals surface area contributed by atoms with E-state index >= 15 is 0 Å². The summed E-state index contributed by atoms with van der Waals surface area (Å²) in [5, 5.41) is -0.399. The summed E-state index contributed by atoms with van der Waals surface area (Å²) >= 11 is 0. The van der Waals surface area contributed by atoms with E-state index in [1.807, 2.05) is 6.92 Å². The average molecular weight is 239 g/mol. The number of hydrogen-bond donors (Lipinski definition) is 1. The molecule has 0 unspecified atom stereocenters. The van der Waals surface area contributed by atoms with Crippen molar-refractivity contribution in [2.24, 2.45) is 5.73 Å². The second-order valence-corrected chi connectivity index (χ2v) is 6.47. The van der Waals surface area contributed by atoms with Crippen molar-refractivity contribution in [3.63, 3.8) is 0 Å². The van der Waals surface area contributed by atoms with Crippen LogP contribution in [0.2, 0.25) is 0 Å². The van der Waals surface area contributed by atoms with Gasteiger partial charge in [-0.15, -0.1) is 0 Å². The summed E-state index contributed by atoms with van der Waals surface area (Å²) in [6.07, 6.45) is 1.51. The molecule has 0 aliphatic carbocycles. The predicted octanol–water partition coefficient (Wildman–Crippen LogP) is 2.19. The molecule has 0 amide bonds. The van der Waals surface area contributed by atoms with Gasteiger partial charge in [0.2, 0.25) is 0 Å². The third-order valence-corrected chi connectivity index (χ3v) is 4.68. The fraction of sp³-hybridized carbons (Fsp3) is 0.333. The molecule has 1 aromatic rings. The van der Waals surface area contributed by atoms with Gasteiger partial charge in [-0.3, -0.25) is 0 Å². The van der Waals surface area contributed by atoms with Crippen LogP contribution in [-0.4, -0.2) is 13.7 Å². The first kappa shape index (κ1) is 12.8. The van der Waals surface area contributed by atoms with E-state index in [1.165, 1.54) is 6.20 Å². The average Bonchev–Trinajstić information content (AvgIpc) is 2.28. The first-order valence-corrected chi connectivity index (χ1v) is 6.67. The highest BCUT2D eigenvalue weighted by Crippen LogP contribution is 2.19. The van der Waals surface area contributed by atoms with Gasteiger partial charge in [0.05, 0.1) is 10.1 Å². The topological polar surface area (TPSA) is 60.2 Å². The molecule has 0 radical (unpaired) electrons. The third kappa shape index (κ3) is 2.44. The SMILES string of the molecule is C/C(=C\N)c1ccc(S(=O)(=O)C(C)C)cc1. The van der Waals surface area contributed by atoms with Crippen molar-refractivity contribution in [1.82, 2.24) is 0 Å². The maximum atomic E-state index is 11.8. The molecule has 0 atom stereocenters. The summed E-state index contributed by atoms with van der Waals surface area (Å²) < 4.78 is 23.7. The molecule has 0 aromatic heterocycles. The van der Waals surface area contributed by atoms with Crippen molar-refractivity contribution in [1.29, 1.82) is 0 Å². The molecule has 0 saturated carbocycles. The Hall–Kier alpha value is -1.29. The second-order valence-electron chi connectivity index (χ2n) is 3.97. The Bertz CT molecular complexity index is 484. The largest absolute Gasteiger partial charge is 0.404 e. The Labute approximate surface area is 96.9 Å². The van der Waals surface area contributed by atoms with Crippen molar-refractivity contribution in [3.8, 4) is 0 Å². The van der Waals surface area contributed by atoms with E-state index in [-0.39, 0.29) is 0 Å². The molecule has 1 aromatic carbocycles. The van der Waals surface area contributed by atoms with Crippen molar-refractivity contribution in [3.05, 3.63) is 36.0 Å². The number of rotatable bonds is 3. The van der Waals surface area contributed by atoms with E-state index in [9.17, 15) is 8.42 Å². The zero-order chi connectivity index (χ0) is 12.3. The van der Waals surface area contributed by atoms with E-state index in [2.05, 4.69) is 0 Å². The van der Waals surface area contributed by atoms with Crippen LogP contribution in [0, 0.1) is 0 Å². The van der Waals surface area contributed by atoms with E-state index in [1.54, 1.807) is 38.1 Å². The van der Waals surface area contributed by atoms with Gasteiger partial charge < -0.3 is 5.73 Å². The van der Waals surface area contributed by atoms with Gasteiger partial charge in [0.25, 0.3) is 0 Å². The third-order valence-electron chi connectivity index (χ3n) is 2.51. The van der Waals surface area contributed by atoms with Crippen molar-refractivity contribution >= 4 is 15.4 Å². The number of allylic oxidation sites excluding steroid dienone is 1. The van der Waals surface area contributed by atoms with Crippen molar-refractivity contribution < 1.29 is 8.42 Å². The minimum absolute atomic E-state index is 0.357. The molecule has 16 heavy (non-hydrogen) atoms. The lowest BCUT2D eigenvalue weighted by atomic mass is 10.1. The lowest BCUT2D eigenvalue weighted by molar-refractivity contribution is 0.587. The maximum Gasteiger partial charge on any atom is 0.180 e. The summed E-state index contributed by atoms with van der Waals surface area (Å²) in [4.78, 5) is 0.357. The Morgan fingerprint density at radius 3 is 2.12 bits per heavy atom. The predicted molar refractivity (Wildman–Crippen MR) is 66.6 cm³/mol. The molecule has 88 valence electrons. The van der Waals surface area contributed by atoms with Gasteiger partial charge in [0.1, 0.15) is 0 Å². The van der Waals surface area contributed by atoms with Gasteiger partial charge in [-0.25, -0.2) is 8.42 Å². The van der Waals surface area contributed by atoms with Crippen LogP contribution in [0.3, 0.4) is 0 Å². The molecule has 1 rings (SSSR count). The number of nitrogens with two attached hydrogens (primary N) is 1. The molecular formula is C12H17NO2S. The van der Waals surface area contributed by atoms with E-state index in [0.29, 0.717) is 4.90 Å². The van der Waals surface area contributed by atoms with E-state index in [4.69, 9.17) is 5.73 Å². The summed E-state index contributed by atoms with van der Waals surface area (Å²) in [6.45, 7) is 5.23. The smallest absolute Gasteiger partial charge is 0.180 e. The van der Waals surface area contributed by atoms with Crippen LogP contribution < -0.4 is 5.73 Å². The van der Waals surface area contributed by atoms with Gasteiger partial charge in [-0.1, -0.05) is 12.1 Å². The van der Waals surface area contributed by atoms with Crippen LogP contribution in [0.5, 0.6) is 0 Å². The monoisotopic (exact) mass is 239 g/mol. The van der Waals surface area contributed by atoms with Crippen LogP contribution in [0.15, 0.2) is 35.4 Å². The van der Waals surface area contributed by atoms with Gasteiger partial charge in [0.15, 0.2) is 9.84 Å². The molecule has 0 heterocycles.